The molecule has 8 nitrogen and oxygen atoms in total. The lowest BCUT2D eigenvalue weighted by Gasteiger charge is -2.30. The van der Waals surface area contributed by atoms with Crippen molar-refractivity contribution in [1.29, 1.82) is 0 Å². The Balaban J connectivity index is 0.00000306. The second kappa shape index (κ2) is 11.9. The number of piperidine rings is 1. The Bertz CT molecular complexity index is 921. The van der Waals surface area contributed by atoms with Gasteiger partial charge in [-0.05, 0) is 70.3 Å². The summed E-state index contributed by atoms with van der Waals surface area (Å²) >= 11 is 0. The molecule has 1 aromatic carbocycles. The number of nitrogens with zero attached hydrogens (tertiary/aromatic N) is 4. The van der Waals surface area contributed by atoms with Crippen LogP contribution in [0.25, 0.3) is 0 Å². The van der Waals surface area contributed by atoms with Crippen molar-refractivity contribution in [2.45, 2.75) is 46.7 Å². The van der Waals surface area contributed by atoms with Gasteiger partial charge in [0.2, 0.25) is 12.7 Å². The summed E-state index contributed by atoms with van der Waals surface area (Å²) in [6.45, 7) is 11.7. The number of fused-ring (bicyclic) bond motifs is 1. The van der Waals surface area contributed by atoms with E-state index < -0.39 is 0 Å². The van der Waals surface area contributed by atoms with Crippen LogP contribution in [0, 0.1) is 19.8 Å². The molecule has 2 aliphatic rings. The quantitative estimate of drug-likeness (QED) is 0.308. The van der Waals surface area contributed by atoms with E-state index in [9.17, 15) is 0 Å². The third-order valence-corrected chi connectivity index (χ3v) is 6.19. The maximum atomic E-state index is 5.75. The van der Waals surface area contributed by atoms with E-state index in [1.807, 2.05) is 19.9 Å². The Morgan fingerprint density at radius 2 is 1.97 bits per heavy atom. The summed E-state index contributed by atoms with van der Waals surface area (Å²) in [6, 6.07) is 6.11. The number of hydrogen-bond acceptors (Lipinski definition) is 6. The van der Waals surface area contributed by atoms with Gasteiger partial charge < -0.3 is 24.1 Å². The monoisotopic (exact) mass is 569 g/mol. The maximum Gasteiger partial charge on any atom is 0.231 e. The number of benzene rings is 1. The number of oxazole rings is 1. The van der Waals surface area contributed by atoms with Gasteiger partial charge in [0, 0.05) is 26.7 Å². The van der Waals surface area contributed by atoms with Gasteiger partial charge in [-0.1, -0.05) is 6.07 Å². The highest BCUT2D eigenvalue weighted by molar-refractivity contribution is 14.0. The molecule has 182 valence electrons. The van der Waals surface area contributed by atoms with Crippen molar-refractivity contribution in [2.75, 3.05) is 40.0 Å². The Labute approximate surface area is 213 Å². The fourth-order valence-electron chi connectivity index (χ4n) is 4.20. The van der Waals surface area contributed by atoms with Crippen LogP contribution in [0.5, 0.6) is 11.5 Å². The summed E-state index contributed by atoms with van der Waals surface area (Å²) in [5, 5.41) is 3.43. The molecule has 33 heavy (non-hydrogen) atoms. The standard InChI is InChI=1S/C24H35N5O3.HI/c1-5-25-24(28(4)14-20-6-7-21-22(12-20)31-16-30-21)26-13-19-8-10-29(11-9-19)15-23-27-17(2)18(3)32-23;/h6-7,12,19H,5,8-11,13-16H2,1-4H3,(H,25,26);1H. The molecule has 9 heteroatoms. The van der Waals surface area contributed by atoms with E-state index in [2.05, 4.69) is 46.2 Å². The van der Waals surface area contributed by atoms with Gasteiger partial charge in [-0.25, -0.2) is 4.98 Å². The van der Waals surface area contributed by atoms with Crippen molar-refractivity contribution >= 4 is 29.9 Å². The van der Waals surface area contributed by atoms with Crippen LogP contribution >= 0.6 is 24.0 Å². The Hall–Kier alpha value is -2.01. The zero-order valence-corrected chi connectivity index (χ0v) is 22.4. The van der Waals surface area contributed by atoms with Crippen LogP contribution in [0.4, 0.5) is 0 Å². The Morgan fingerprint density at radius 3 is 2.67 bits per heavy atom. The molecule has 2 aromatic rings. The number of hydrogen-bond donors (Lipinski definition) is 1. The molecule has 1 fully saturated rings. The number of guanidine groups is 1. The molecule has 1 saturated heterocycles. The molecule has 2 aliphatic heterocycles. The van der Waals surface area contributed by atoms with Crippen LogP contribution in [-0.4, -0.2) is 60.8 Å². The van der Waals surface area contributed by atoms with E-state index >= 15 is 0 Å². The fraction of sp³-hybridized carbons (Fsp3) is 0.583. The van der Waals surface area contributed by atoms with Gasteiger partial charge in [-0.2, -0.15) is 0 Å². The van der Waals surface area contributed by atoms with Crippen molar-refractivity contribution in [3.8, 4) is 11.5 Å². The van der Waals surface area contributed by atoms with Gasteiger partial charge in [0.1, 0.15) is 5.76 Å². The summed E-state index contributed by atoms with van der Waals surface area (Å²) in [4.78, 5) is 14.1. The first kappa shape index (κ1) is 25.6. The number of aliphatic imine (C=N–C) groups is 1. The molecule has 3 heterocycles. The van der Waals surface area contributed by atoms with Gasteiger partial charge in [0.05, 0.1) is 12.2 Å². The topological polar surface area (TPSA) is 75.4 Å². The fourth-order valence-corrected chi connectivity index (χ4v) is 4.20. The summed E-state index contributed by atoms with van der Waals surface area (Å²) in [7, 11) is 2.08. The second-order valence-corrected chi connectivity index (χ2v) is 8.71. The van der Waals surface area contributed by atoms with E-state index in [0.717, 1.165) is 86.9 Å². The Morgan fingerprint density at radius 1 is 1.21 bits per heavy atom. The number of ether oxygens (including phenoxy) is 2. The van der Waals surface area contributed by atoms with Gasteiger partial charge in [0.25, 0.3) is 0 Å². The molecule has 0 bridgehead atoms. The molecular formula is C24H36IN5O3. The highest BCUT2D eigenvalue weighted by Gasteiger charge is 2.21. The molecule has 0 aliphatic carbocycles. The van der Waals surface area contributed by atoms with Gasteiger partial charge in [-0.15, -0.1) is 24.0 Å². The average molecular weight is 569 g/mol. The normalized spacial score (nSPS) is 16.5. The SMILES string of the molecule is CCNC(=NCC1CCN(Cc2nc(C)c(C)o2)CC1)N(C)Cc1ccc2c(c1)OCO2.I. The molecule has 1 aromatic heterocycles. The molecule has 0 atom stereocenters. The number of halogens is 1. The molecule has 0 amide bonds. The molecule has 4 rings (SSSR count). The van der Waals surface area contributed by atoms with Crippen molar-refractivity contribution < 1.29 is 13.9 Å². The van der Waals surface area contributed by atoms with Crippen LogP contribution in [0.1, 0.15) is 42.7 Å². The van der Waals surface area contributed by atoms with E-state index in [1.165, 1.54) is 5.56 Å². The van der Waals surface area contributed by atoms with E-state index in [4.69, 9.17) is 18.9 Å². The lowest BCUT2D eigenvalue weighted by atomic mass is 9.97. The minimum atomic E-state index is 0. The first-order valence-electron chi connectivity index (χ1n) is 11.5. The zero-order chi connectivity index (χ0) is 22.5. The third kappa shape index (κ3) is 6.75. The Kier molecular flexibility index (Phi) is 9.25. The highest BCUT2D eigenvalue weighted by Crippen LogP contribution is 2.32. The van der Waals surface area contributed by atoms with Crippen molar-refractivity contribution in [3.63, 3.8) is 0 Å². The molecular weight excluding hydrogens is 533 g/mol. The summed E-state index contributed by atoms with van der Waals surface area (Å²) in [5.74, 6) is 4.93. The molecule has 0 saturated carbocycles. The van der Waals surface area contributed by atoms with Gasteiger partial charge >= 0.3 is 0 Å². The smallest absolute Gasteiger partial charge is 0.231 e. The lowest BCUT2D eigenvalue weighted by Crippen LogP contribution is -2.39. The summed E-state index contributed by atoms with van der Waals surface area (Å²) in [6.07, 6.45) is 2.29. The highest BCUT2D eigenvalue weighted by atomic mass is 127. The zero-order valence-electron chi connectivity index (χ0n) is 20.1. The first-order chi connectivity index (χ1) is 15.5. The van der Waals surface area contributed by atoms with E-state index in [1.54, 1.807) is 0 Å². The number of rotatable bonds is 7. The third-order valence-electron chi connectivity index (χ3n) is 6.19. The van der Waals surface area contributed by atoms with Crippen molar-refractivity contribution in [2.24, 2.45) is 10.9 Å². The maximum absolute atomic E-state index is 5.75. The van der Waals surface area contributed by atoms with E-state index in [0.29, 0.717) is 12.7 Å². The van der Waals surface area contributed by atoms with Gasteiger partial charge in [0.15, 0.2) is 17.5 Å². The predicted octanol–water partition coefficient (Wildman–Crippen LogP) is 3.95. The van der Waals surface area contributed by atoms with Crippen LogP contribution in [0.3, 0.4) is 0 Å². The minimum absolute atomic E-state index is 0. The van der Waals surface area contributed by atoms with E-state index in [-0.39, 0.29) is 24.0 Å². The minimum Gasteiger partial charge on any atom is -0.454 e. The van der Waals surface area contributed by atoms with Crippen LogP contribution in [0.15, 0.2) is 27.6 Å². The molecule has 0 spiro atoms. The lowest BCUT2D eigenvalue weighted by molar-refractivity contribution is 0.166. The summed E-state index contributed by atoms with van der Waals surface area (Å²) < 4.78 is 16.7. The molecule has 0 radical (unpaired) electrons. The number of aromatic nitrogens is 1. The summed E-state index contributed by atoms with van der Waals surface area (Å²) in [5.41, 5.74) is 2.16. The number of nitrogens with one attached hydrogen (secondary N) is 1. The average Bonchev–Trinajstić information content (AvgIpc) is 3.37. The van der Waals surface area contributed by atoms with Crippen LogP contribution in [0.2, 0.25) is 0 Å². The molecule has 1 N–H and O–H groups in total. The first-order valence-corrected chi connectivity index (χ1v) is 11.5. The van der Waals surface area contributed by atoms with Gasteiger partial charge in [-0.3, -0.25) is 9.89 Å². The largest absolute Gasteiger partial charge is 0.454 e. The molecule has 0 unspecified atom stereocenters. The van der Waals surface area contributed by atoms with Crippen molar-refractivity contribution in [3.05, 3.63) is 41.1 Å². The van der Waals surface area contributed by atoms with Crippen molar-refractivity contribution in [1.82, 2.24) is 20.1 Å². The number of likely N-dealkylation sites (tertiary alicyclic amines) is 1. The predicted molar refractivity (Wildman–Crippen MR) is 139 cm³/mol. The van der Waals surface area contributed by atoms with Crippen LogP contribution < -0.4 is 14.8 Å². The van der Waals surface area contributed by atoms with Crippen LogP contribution in [-0.2, 0) is 13.1 Å². The number of aryl methyl sites for hydroxylation is 2. The second-order valence-electron chi connectivity index (χ2n) is 8.71.